The number of carbonyl (C=O) groups is 2. The second-order valence-corrected chi connectivity index (χ2v) is 10.8. The smallest absolute Gasteiger partial charge is 0.253 e. The number of nitrogens with zero attached hydrogens (tertiary/aromatic N) is 3. The third-order valence-corrected chi connectivity index (χ3v) is 8.56. The number of thiophene rings is 1. The monoisotopic (exact) mass is 527 g/mol. The van der Waals surface area contributed by atoms with Gasteiger partial charge in [0.25, 0.3) is 5.91 Å². The Hall–Kier alpha value is -2.38. The lowest BCUT2D eigenvalue weighted by molar-refractivity contribution is -0.132. The highest BCUT2D eigenvalue weighted by atomic mass is 35.5. The largest absolute Gasteiger partial charge is 0.340 e. The van der Waals surface area contributed by atoms with Crippen molar-refractivity contribution in [1.29, 1.82) is 0 Å². The Balaban J connectivity index is 1.26. The number of rotatable bonds is 4. The van der Waals surface area contributed by atoms with Crippen molar-refractivity contribution in [2.24, 2.45) is 0 Å². The molecule has 182 valence electrons. The molecule has 2 aromatic carbocycles. The van der Waals surface area contributed by atoms with Crippen molar-refractivity contribution in [3.8, 4) is 0 Å². The van der Waals surface area contributed by atoms with Crippen LogP contribution in [0.2, 0.25) is 10.0 Å². The predicted molar refractivity (Wildman–Crippen MR) is 141 cm³/mol. The highest BCUT2D eigenvalue weighted by Crippen LogP contribution is 2.37. The summed E-state index contributed by atoms with van der Waals surface area (Å²) in [5.74, 6) is 0.0384. The summed E-state index contributed by atoms with van der Waals surface area (Å²) in [5.41, 5.74) is 3.05. The summed E-state index contributed by atoms with van der Waals surface area (Å²) >= 11 is 13.9. The fourth-order valence-electron chi connectivity index (χ4n) is 5.02. The molecule has 1 fully saturated rings. The molecule has 5 rings (SSSR count). The molecule has 3 heterocycles. The molecule has 2 aliphatic heterocycles. The molecule has 1 aromatic heterocycles. The van der Waals surface area contributed by atoms with E-state index in [0.717, 1.165) is 19.4 Å². The minimum Gasteiger partial charge on any atom is -0.340 e. The van der Waals surface area contributed by atoms with Gasteiger partial charge in [-0.05, 0) is 53.6 Å². The van der Waals surface area contributed by atoms with Crippen LogP contribution in [0.5, 0.6) is 0 Å². The van der Waals surface area contributed by atoms with Gasteiger partial charge in [-0.2, -0.15) is 0 Å². The summed E-state index contributed by atoms with van der Waals surface area (Å²) in [6.45, 7) is 3.51. The minimum atomic E-state index is -0.0805. The molecule has 1 unspecified atom stereocenters. The summed E-state index contributed by atoms with van der Waals surface area (Å²) in [5, 5.41) is 2.95. The molecule has 1 atom stereocenters. The summed E-state index contributed by atoms with van der Waals surface area (Å²) in [6, 6.07) is 17.7. The molecule has 0 saturated carbocycles. The molecule has 8 heteroatoms. The highest BCUT2D eigenvalue weighted by molar-refractivity contribution is 7.10. The zero-order valence-electron chi connectivity index (χ0n) is 19.3. The summed E-state index contributed by atoms with van der Waals surface area (Å²) in [4.78, 5) is 33.9. The number of halogens is 2. The molecule has 2 aliphatic rings. The first-order chi connectivity index (χ1) is 17.0. The van der Waals surface area contributed by atoms with Crippen LogP contribution in [0.3, 0.4) is 0 Å². The summed E-state index contributed by atoms with van der Waals surface area (Å²) in [6.07, 6.45) is 1.71. The van der Waals surface area contributed by atoms with E-state index in [0.29, 0.717) is 48.3 Å². The van der Waals surface area contributed by atoms with E-state index in [1.165, 1.54) is 16.0 Å². The predicted octanol–water partition coefficient (Wildman–Crippen LogP) is 5.38. The molecule has 0 spiro atoms. The lowest BCUT2D eigenvalue weighted by atomic mass is 9.93. The van der Waals surface area contributed by atoms with Crippen LogP contribution in [0.25, 0.3) is 0 Å². The van der Waals surface area contributed by atoms with Crippen molar-refractivity contribution in [2.45, 2.75) is 18.9 Å². The molecular weight excluding hydrogens is 501 g/mol. The lowest BCUT2D eigenvalue weighted by Crippen LogP contribution is -2.45. The number of hydrogen-bond acceptors (Lipinski definition) is 4. The molecule has 0 bridgehead atoms. The van der Waals surface area contributed by atoms with Gasteiger partial charge in [0.1, 0.15) is 0 Å². The Morgan fingerprint density at radius 2 is 1.66 bits per heavy atom. The van der Waals surface area contributed by atoms with Gasteiger partial charge in [0.05, 0.1) is 22.6 Å². The van der Waals surface area contributed by atoms with Crippen LogP contribution in [0.4, 0.5) is 0 Å². The third kappa shape index (κ3) is 5.26. The van der Waals surface area contributed by atoms with Crippen LogP contribution in [-0.4, -0.2) is 65.8 Å². The van der Waals surface area contributed by atoms with E-state index in [1.807, 2.05) is 11.0 Å². The van der Waals surface area contributed by atoms with Crippen molar-refractivity contribution in [1.82, 2.24) is 14.7 Å². The first-order valence-corrected chi connectivity index (χ1v) is 13.5. The molecule has 35 heavy (non-hydrogen) atoms. The van der Waals surface area contributed by atoms with Crippen LogP contribution >= 0.6 is 34.5 Å². The van der Waals surface area contributed by atoms with Gasteiger partial charge >= 0.3 is 0 Å². The van der Waals surface area contributed by atoms with Crippen molar-refractivity contribution in [2.75, 3.05) is 39.3 Å². The number of hydrogen-bond donors (Lipinski definition) is 0. The van der Waals surface area contributed by atoms with Crippen LogP contribution in [0.15, 0.2) is 60.0 Å². The SMILES string of the molecule is O=C(CN1CCc2sccc2C1c1ccccc1)N1CCCN(C(=O)c2ccc(Cl)c(Cl)c2)CC1. The Labute approximate surface area is 219 Å². The number of benzene rings is 2. The maximum Gasteiger partial charge on any atom is 0.253 e. The Bertz CT molecular complexity index is 1220. The van der Waals surface area contributed by atoms with E-state index in [4.69, 9.17) is 23.2 Å². The number of amides is 2. The van der Waals surface area contributed by atoms with E-state index < -0.39 is 0 Å². The topological polar surface area (TPSA) is 43.9 Å². The van der Waals surface area contributed by atoms with Gasteiger partial charge in [0, 0.05) is 43.2 Å². The number of carbonyl (C=O) groups excluding carboxylic acids is 2. The average molecular weight is 529 g/mol. The van der Waals surface area contributed by atoms with E-state index in [2.05, 4.69) is 40.6 Å². The standard InChI is InChI=1S/C27H27Cl2N3O2S/c28-22-8-7-20(17-23(22)29)27(34)31-12-4-11-30(14-15-31)25(33)18-32-13-9-24-21(10-16-35-24)26(32)19-5-2-1-3-6-19/h1-3,5-8,10,16-17,26H,4,9,11-15,18H2. The van der Waals surface area contributed by atoms with Gasteiger partial charge in [-0.15, -0.1) is 11.3 Å². The van der Waals surface area contributed by atoms with Gasteiger partial charge in [-0.1, -0.05) is 53.5 Å². The molecule has 0 N–H and O–H groups in total. The Morgan fingerprint density at radius 1 is 0.886 bits per heavy atom. The first kappa shape index (κ1) is 24.3. The zero-order valence-corrected chi connectivity index (χ0v) is 21.7. The Kier molecular flexibility index (Phi) is 7.44. The summed E-state index contributed by atoms with van der Waals surface area (Å²) in [7, 11) is 0. The normalized spacial score (nSPS) is 18.7. The van der Waals surface area contributed by atoms with Crippen molar-refractivity contribution in [3.05, 3.63) is 91.6 Å². The van der Waals surface area contributed by atoms with Crippen LogP contribution < -0.4 is 0 Å². The zero-order chi connectivity index (χ0) is 24.4. The molecule has 1 saturated heterocycles. The van der Waals surface area contributed by atoms with Gasteiger partial charge < -0.3 is 9.80 Å². The second-order valence-electron chi connectivity index (χ2n) is 8.99. The van der Waals surface area contributed by atoms with E-state index in [-0.39, 0.29) is 17.9 Å². The lowest BCUT2D eigenvalue weighted by Gasteiger charge is -2.37. The maximum absolute atomic E-state index is 13.4. The van der Waals surface area contributed by atoms with Crippen LogP contribution in [0, 0.1) is 0 Å². The van der Waals surface area contributed by atoms with Crippen LogP contribution in [0.1, 0.15) is 38.8 Å². The highest BCUT2D eigenvalue weighted by Gasteiger charge is 2.32. The molecule has 0 radical (unpaired) electrons. The van der Waals surface area contributed by atoms with Crippen molar-refractivity contribution >= 4 is 46.4 Å². The first-order valence-electron chi connectivity index (χ1n) is 11.9. The quantitative estimate of drug-likeness (QED) is 0.457. The molecule has 2 amide bonds. The molecular formula is C27H27Cl2N3O2S. The van der Waals surface area contributed by atoms with E-state index >= 15 is 0 Å². The molecule has 5 nitrogen and oxygen atoms in total. The molecule has 0 aliphatic carbocycles. The van der Waals surface area contributed by atoms with Crippen molar-refractivity contribution in [3.63, 3.8) is 0 Å². The van der Waals surface area contributed by atoms with Gasteiger partial charge in [-0.25, -0.2) is 0 Å². The van der Waals surface area contributed by atoms with Crippen molar-refractivity contribution < 1.29 is 9.59 Å². The molecule has 3 aromatic rings. The van der Waals surface area contributed by atoms with Gasteiger partial charge in [0.15, 0.2) is 0 Å². The van der Waals surface area contributed by atoms with E-state index in [9.17, 15) is 9.59 Å². The third-order valence-electron chi connectivity index (χ3n) is 6.82. The fourth-order valence-corrected chi connectivity index (χ4v) is 6.22. The van der Waals surface area contributed by atoms with E-state index in [1.54, 1.807) is 34.4 Å². The minimum absolute atomic E-state index is 0.0805. The average Bonchev–Trinajstić information content (AvgIpc) is 3.21. The van der Waals surface area contributed by atoms with Crippen LogP contribution in [-0.2, 0) is 11.2 Å². The summed E-state index contributed by atoms with van der Waals surface area (Å²) < 4.78 is 0. The van der Waals surface area contributed by atoms with Gasteiger partial charge in [-0.3, -0.25) is 14.5 Å². The van der Waals surface area contributed by atoms with Gasteiger partial charge in [0.2, 0.25) is 5.91 Å². The fraction of sp³-hybridized carbons (Fsp3) is 0.333. The Morgan fingerprint density at radius 3 is 2.46 bits per heavy atom. The maximum atomic E-state index is 13.4. The second kappa shape index (κ2) is 10.7. The number of fused-ring (bicyclic) bond motifs is 1.